The number of hydrogen-bond acceptors (Lipinski definition) is 4. The van der Waals surface area contributed by atoms with Gasteiger partial charge in [-0.15, -0.1) is 0 Å². The van der Waals surface area contributed by atoms with Crippen molar-refractivity contribution in [2.75, 3.05) is 13.2 Å². The van der Waals surface area contributed by atoms with Crippen LogP contribution in [0.4, 0.5) is 0 Å². The molecule has 0 spiro atoms. The molecule has 0 bridgehead atoms. The zero-order valence-corrected chi connectivity index (χ0v) is 8.77. The molecule has 0 aliphatic heterocycles. The van der Waals surface area contributed by atoms with E-state index < -0.39 is 18.6 Å². The molecule has 2 atom stereocenters. The van der Waals surface area contributed by atoms with Gasteiger partial charge in [0.1, 0.15) is 6.04 Å². The maximum absolute atomic E-state index is 11.2. The van der Waals surface area contributed by atoms with E-state index in [4.69, 9.17) is 15.9 Å². The lowest BCUT2D eigenvalue weighted by molar-refractivity contribution is -0.143. The Hall–Kier alpha value is -1.14. The number of aliphatic hydroxyl groups is 1. The molecule has 15 heavy (non-hydrogen) atoms. The molecular weight excluding hydrogens is 200 g/mol. The van der Waals surface area contributed by atoms with Gasteiger partial charge in [-0.25, -0.2) is 4.79 Å². The largest absolute Gasteiger partial charge is 0.480 e. The topological polar surface area (TPSA) is 113 Å². The van der Waals surface area contributed by atoms with Crippen molar-refractivity contribution in [1.29, 1.82) is 0 Å². The molecule has 0 saturated carbocycles. The molecule has 1 unspecified atom stereocenters. The van der Waals surface area contributed by atoms with Crippen LogP contribution in [-0.2, 0) is 9.59 Å². The minimum absolute atomic E-state index is 0.224. The van der Waals surface area contributed by atoms with E-state index in [2.05, 4.69) is 5.32 Å². The number of carboxylic acids is 1. The van der Waals surface area contributed by atoms with Crippen LogP contribution in [0.5, 0.6) is 0 Å². The Balaban J connectivity index is 3.86. The summed E-state index contributed by atoms with van der Waals surface area (Å²) >= 11 is 0. The number of aliphatic carboxylic acids is 1. The summed E-state index contributed by atoms with van der Waals surface area (Å²) in [5.41, 5.74) is 5.37. The fraction of sp³-hybridized carbons (Fsp3) is 0.778. The number of carbonyl (C=O) groups is 2. The number of nitrogens with two attached hydrogens (primary N) is 1. The Bertz CT molecular complexity index is 220. The predicted octanol–water partition coefficient (Wildman–Crippen LogP) is -1.08. The number of carboxylic acid groups (broad SMARTS) is 1. The lowest BCUT2D eigenvalue weighted by atomic mass is 10.1. The monoisotopic (exact) mass is 218 g/mol. The lowest BCUT2D eigenvalue weighted by Gasteiger charge is -2.12. The van der Waals surface area contributed by atoms with Crippen molar-refractivity contribution < 1.29 is 19.8 Å². The van der Waals surface area contributed by atoms with Crippen molar-refractivity contribution in [3.63, 3.8) is 0 Å². The highest BCUT2D eigenvalue weighted by molar-refractivity contribution is 5.83. The number of rotatable bonds is 7. The molecule has 88 valence electrons. The number of aliphatic hydroxyl groups excluding tert-OH is 1. The van der Waals surface area contributed by atoms with Crippen LogP contribution in [0, 0.1) is 5.92 Å². The molecule has 1 amide bonds. The standard InChI is InChI=1S/C9H18N2O4/c1-6(4-10)2-3-8(13)11-7(5-12)9(14)15/h6-7,12H,2-5,10H2,1H3,(H,11,13)(H,14,15)/t6?,7-/m0/s1. The molecule has 0 saturated heterocycles. The van der Waals surface area contributed by atoms with Gasteiger partial charge in [0.25, 0.3) is 0 Å². The maximum atomic E-state index is 11.2. The van der Waals surface area contributed by atoms with Crippen LogP contribution in [0.3, 0.4) is 0 Å². The maximum Gasteiger partial charge on any atom is 0.328 e. The SMILES string of the molecule is CC(CN)CCC(=O)N[C@@H](CO)C(=O)O. The van der Waals surface area contributed by atoms with Gasteiger partial charge < -0.3 is 21.3 Å². The van der Waals surface area contributed by atoms with Crippen LogP contribution in [0.15, 0.2) is 0 Å². The average molecular weight is 218 g/mol. The number of carbonyl (C=O) groups excluding carboxylic acids is 1. The van der Waals surface area contributed by atoms with E-state index >= 15 is 0 Å². The summed E-state index contributed by atoms with van der Waals surface area (Å²) < 4.78 is 0. The van der Waals surface area contributed by atoms with Gasteiger partial charge in [0, 0.05) is 6.42 Å². The van der Waals surface area contributed by atoms with Crippen molar-refractivity contribution >= 4 is 11.9 Å². The third-order valence-electron chi connectivity index (χ3n) is 2.08. The quantitative estimate of drug-likeness (QED) is 0.434. The van der Waals surface area contributed by atoms with Crippen LogP contribution in [0.2, 0.25) is 0 Å². The van der Waals surface area contributed by atoms with Gasteiger partial charge >= 0.3 is 5.97 Å². The van der Waals surface area contributed by atoms with E-state index in [1.165, 1.54) is 0 Å². The van der Waals surface area contributed by atoms with E-state index in [-0.39, 0.29) is 18.2 Å². The Morgan fingerprint density at radius 1 is 1.47 bits per heavy atom. The highest BCUT2D eigenvalue weighted by Gasteiger charge is 2.18. The summed E-state index contributed by atoms with van der Waals surface area (Å²) in [5, 5.41) is 19.4. The summed E-state index contributed by atoms with van der Waals surface area (Å²) in [4.78, 5) is 21.7. The molecule has 0 rings (SSSR count). The highest BCUT2D eigenvalue weighted by Crippen LogP contribution is 2.02. The normalized spacial score (nSPS) is 14.3. The second-order valence-corrected chi connectivity index (χ2v) is 3.52. The molecule has 6 heteroatoms. The molecule has 0 radical (unpaired) electrons. The molecule has 0 fully saturated rings. The summed E-state index contributed by atoms with van der Waals surface area (Å²) in [5.74, 6) is -1.39. The van der Waals surface area contributed by atoms with Gasteiger partial charge in [-0.05, 0) is 18.9 Å². The summed E-state index contributed by atoms with van der Waals surface area (Å²) in [6, 6.07) is -1.22. The Morgan fingerprint density at radius 3 is 2.47 bits per heavy atom. The number of amides is 1. The summed E-state index contributed by atoms with van der Waals surface area (Å²) in [6.45, 7) is 1.80. The van der Waals surface area contributed by atoms with E-state index in [1.54, 1.807) is 0 Å². The van der Waals surface area contributed by atoms with E-state index in [0.717, 1.165) is 0 Å². The smallest absolute Gasteiger partial charge is 0.328 e. The Kier molecular flexibility index (Phi) is 6.64. The Labute approximate surface area is 88.5 Å². The summed E-state index contributed by atoms with van der Waals surface area (Å²) in [6.07, 6.45) is 0.836. The zero-order chi connectivity index (χ0) is 11.8. The van der Waals surface area contributed by atoms with Crippen molar-refractivity contribution in [2.45, 2.75) is 25.8 Å². The van der Waals surface area contributed by atoms with Crippen LogP contribution in [0.25, 0.3) is 0 Å². The summed E-state index contributed by atoms with van der Waals surface area (Å²) in [7, 11) is 0. The van der Waals surface area contributed by atoms with Crippen LogP contribution >= 0.6 is 0 Å². The molecule has 0 heterocycles. The molecule has 5 N–H and O–H groups in total. The minimum Gasteiger partial charge on any atom is -0.480 e. The van der Waals surface area contributed by atoms with Crippen LogP contribution in [0.1, 0.15) is 19.8 Å². The third kappa shape index (κ3) is 6.03. The third-order valence-corrected chi connectivity index (χ3v) is 2.08. The number of hydrogen-bond donors (Lipinski definition) is 4. The molecule has 0 aliphatic rings. The first-order valence-corrected chi connectivity index (χ1v) is 4.84. The molecule has 0 aliphatic carbocycles. The lowest BCUT2D eigenvalue weighted by Crippen LogP contribution is -2.43. The number of nitrogens with one attached hydrogen (secondary N) is 1. The van der Waals surface area contributed by atoms with Gasteiger partial charge in [0.2, 0.25) is 5.91 Å². The van der Waals surface area contributed by atoms with Crippen molar-refractivity contribution in [3.8, 4) is 0 Å². The second kappa shape index (κ2) is 7.19. The molecular formula is C9H18N2O4. The second-order valence-electron chi connectivity index (χ2n) is 3.52. The van der Waals surface area contributed by atoms with Gasteiger partial charge in [0.15, 0.2) is 0 Å². The van der Waals surface area contributed by atoms with Crippen LogP contribution < -0.4 is 11.1 Å². The van der Waals surface area contributed by atoms with Gasteiger partial charge in [-0.2, -0.15) is 0 Å². The first kappa shape index (κ1) is 13.9. The van der Waals surface area contributed by atoms with Crippen molar-refractivity contribution in [3.05, 3.63) is 0 Å². The van der Waals surface area contributed by atoms with Gasteiger partial charge in [0.05, 0.1) is 6.61 Å². The van der Waals surface area contributed by atoms with Gasteiger partial charge in [-0.1, -0.05) is 6.92 Å². The average Bonchev–Trinajstić information content (AvgIpc) is 2.21. The minimum atomic E-state index is -1.24. The highest BCUT2D eigenvalue weighted by atomic mass is 16.4. The van der Waals surface area contributed by atoms with E-state index in [9.17, 15) is 9.59 Å². The fourth-order valence-electron chi connectivity index (χ4n) is 0.947. The van der Waals surface area contributed by atoms with Crippen molar-refractivity contribution in [2.24, 2.45) is 11.7 Å². The molecule has 0 aromatic heterocycles. The fourth-order valence-corrected chi connectivity index (χ4v) is 0.947. The first-order valence-electron chi connectivity index (χ1n) is 4.84. The molecule has 0 aromatic carbocycles. The predicted molar refractivity (Wildman–Crippen MR) is 54.1 cm³/mol. The zero-order valence-electron chi connectivity index (χ0n) is 8.77. The van der Waals surface area contributed by atoms with E-state index in [1.807, 2.05) is 6.92 Å². The van der Waals surface area contributed by atoms with Crippen molar-refractivity contribution in [1.82, 2.24) is 5.32 Å². The first-order chi connectivity index (χ1) is 7.01. The molecule has 0 aromatic rings. The van der Waals surface area contributed by atoms with Crippen LogP contribution in [-0.4, -0.2) is 41.3 Å². The van der Waals surface area contributed by atoms with Gasteiger partial charge in [-0.3, -0.25) is 4.79 Å². The Morgan fingerprint density at radius 2 is 2.07 bits per heavy atom. The van der Waals surface area contributed by atoms with E-state index in [0.29, 0.717) is 13.0 Å². The molecule has 6 nitrogen and oxygen atoms in total.